The van der Waals surface area contributed by atoms with Gasteiger partial charge in [-0.2, -0.15) is 0 Å². The summed E-state index contributed by atoms with van der Waals surface area (Å²) < 4.78 is 5.42. The molecule has 106 valence electrons. The van der Waals surface area contributed by atoms with E-state index in [9.17, 15) is 0 Å². The molecule has 0 aromatic heterocycles. The van der Waals surface area contributed by atoms with Crippen molar-refractivity contribution in [2.24, 2.45) is 5.73 Å². The molecule has 0 spiro atoms. The first-order chi connectivity index (χ1) is 9.02. The van der Waals surface area contributed by atoms with Crippen LogP contribution in [0.5, 0.6) is 5.75 Å². The Hall–Kier alpha value is -1.06. The molecular formula is C16H26N2O. The molecule has 0 amide bonds. The van der Waals surface area contributed by atoms with E-state index < -0.39 is 0 Å². The van der Waals surface area contributed by atoms with Gasteiger partial charge in [0.1, 0.15) is 5.75 Å². The van der Waals surface area contributed by atoms with Crippen molar-refractivity contribution in [3.63, 3.8) is 0 Å². The molecule has 1 aliphatic rings. The Labute approximate surface area is 116 Å². The Morgan fingerprint density at radius 3 is 2.37 bits per heavy atom. The third-order valence-corrected chi connectivity index (χ3v) is 4.25. The van der Waals surface area contributed by atoms with Crippen LogP contribution in [0, 0.1) is 13.8 Å². The summed E-state index contributed by atoms with van der Waals surface area (Å²) in [4.78, 5) is 2.40. The summed E-state index contributed by atoms with van der Waals surface area (Å²) >= 11 is 0. The van der Waals surface area contributed by atoms with Crippen molar-refractivity contribution in [2.45, 2.75) is 51.7 Å². The molecule has 1 aromatic carbocycles. The fraction of sp³-hybridized carbons (Fsp3) is 0.625. The molecule has 0 bridgehead atoms. The first-order valence-electron chi connectivity index (χ1n) is 7.13. The molecule has 0 aliphatic heterocycles. The summed E-state index contributed by atoms with van der Waals surface area (Å²) in [7, 11) is 3.92. The molecule has 3 nitrogen and oxygen atoms in total. The molecule has 1 aromatic rings. The van der Waals surface area contributed by atoms with Gasteiger partial charge in [-0.15, -0.1) is 0 Å². The number of hydrogen-bond donors (Lipinski definition) is 1. The van der Waals surface area contributed by atoms with Crippen LogP contribution in [0.25, 0.3) is 0 Å². The van der Waals surface area contributed by atoms with Crippen LogP contribution in [0.2, 0.25) is 0 Å². The molecule has 0 heterocycles. The minimum Gasteiger partial charge on any atom is -0.496 e. The van der Waals surface area contributed by atoms with Gasteiger partial charge in [-0.05, 0) is 50.4 Å². The summed E-state index contributed by atoms with van der Waals surface area (Å²) in [6, 6.07) is 5.32. The van der Waals surface area contributed by atoms with Crippen molar-refractivity contribution >= 4 is 0 Å². The summed E-state index contributed by atoms with van der Waals surface area (Å²) in [6.07, 6.45) is 3.65. The zero-order valence-electron chi connectivity index (χ0n) is 12.6. The van der Waals surface area contributed by atoms with Gasteiger partial charge in [0.15, 0.2) is 0 Å². The first-order valence-corrected chi connectivity index (χ1v) is 7.13. The molecule has 2 N–H and O–H groups in total. The van der Waals surface area contributed by atoms with Crippen LogP contribution in [0.4, 0.5) is 0 Å². The molecule has 1 fully saturated rings. The van der Waals surface area contributed by atoms with E-state index in [4.69, 9.17) is 10.5 Å². The van der Waals surface area contributed by atoms with Crippen molar-refractivity contribution in [2.75, 3.05) is 14.2 Å². The van der Waals surface area contributed by atoms with Crippen molar-refractivity contribution in [1.29, 1.82) is 0 Å². The number of aryl methyl sites for hydroxylation is 2. The van der Waals surface area contributed by atoms with Crippen LogP contribution in [0.3, 0.4) is 0 Å². The van der Waals surface area contributed by atoms with Crippen LogP contribution >= 0.6 is 0 Å². The second-order valence-corrected chi connectivity index (χ2v) is 5.84. The average molecular weight is 262 g/mol. The molecule has 1 saturated carbocycles. The summed E-state index contributed by atoms with van der Waals surface area (Å²) in [5.74, 6) is 1.00. The fourth-order valence-corrected chi connectivity index (χ4v) is 3.37. The highest BCUT2D eigenvalue weighted by Crippen LogP contribution is 2.27. The standard InChI is InChI=1S/C16H26N2O/c1-11-8-13(9-12(2)16(11)19-4)10-18(3)15-7-5-6-14(15)17/h8-9,14-15H,5-7,10,17H2,1-4H3. The van der Waals surface area contributed by atoms with Crippen LogP contribution in [-0.4, -0.2) is 31.1 Å². The number of benzene rings is 1. The van der Waals surface area contributed by atoms with E-state index in [1.165, 1.54) is 29.5 Å². The van der Waals surface area contributed by atoms with Crippen LogP contribution in [-0.2, 0) is 6.54 Å². The van der Waals surface area contributed by atoms with Gasteiger partial charge in [-0.25, -0.2) is 0 Å². The predicted octanol–water partition coefficient (Wildman–Crippen LogP) is 2.62. The number of nitrogens with zero attached hydrogens (tertiary/aromatic N) is 1. The SMILES string of the molecule is COc1c(C)cc(CN(C)C2CCCC2N)cc1C. The second kappa shape index (κ2) is 5.93. The summed E-state index contributed by atoms with van der Waals surface area (Å²) in [5.41, 5.74) is 9.94. The molecule has 1 aliphatic carbocycles. The van der Waals surface area contributed by atoms with Gasteiger partial charge in [-0.1, -0.05) is 18.6 Å². The number of nitrogens with two attached hydrogens (primary N) is 1. The summed E-state index contributed by atoms with van der Waals surface area (Å²) in [6.45, 7) is 5.18. The second-order valence-electron chi connectivity index (χ2n) is 5.84. The average Bonchev–Trinajstić information content (AvgIpc) is 2.75. The normalized spacial score (nSPS) is 23.1. The van der Waals surface area contributed by atoms with Gasteiger partial charge in [-0.3, -0.25) is 4.90 Å². The minimum absolute atomic E-state index is 0.338. The minimum atomic E-state index is 0.338. The number of rotatable bonds is 4. The molecule has 3 heteroatoms. The molecule has 0 saturated heterocycles. The van der Waals surface area contributed by atoms with Crippen LogP contribution in [0.15, 0.2) is 12.1 Å². The van der Waals surface area contributed by atoms with Crippen molar-refractivity contribution in [3.05, 3.63) is 28.8 Å². The number of methoxy groups -OCH3 is 1. The third-order valence-electron chi connectivity index (χ3n) is 4.25. The third kappa shape index (κ3) is 3.10. The lowest BCUT2D eigenvalue weighted by Crippen LogP contribution is -2.41. The predicted molar refractivity (Wildman–Crippen MR) is 79.5 cm³/mol. The zero-order chi connectivity index (χ0) is 14.0. The zero-order valence-corrected chi connectivity index (χ0v) is 12.6. The lowest BCUT2D eigenvalue weighted by atomic mass is 10.0. The van der Waals surface area contributed by atoms with Gasteiger partial charge in [0.2, 0.25) is 0 Å². The van der Waals surface area contributed by atoms with Gasteiger partial charge in [0.05, 0.1) is 7.11 Å². The monoisotopic (exact) mass is 262 g/mol. The Morgan fingerprint density at radius 2 is 1.89 bits per heavy atom. The van der Waals surface area contributed by atoms with Crippen molar-refractivity contribution < 1.29 is 4.74 Å². The number of ether oxygens (including phenoxy) is 1. The van der Waals surface area contributed by atoms with Gasteiger partial charge in [0.25, 0.3) is 0 Å². The van der Waals surface area contributed by atoms with E-state index >= 15 is 0 Å². The Kier molecular flexibility index (Phi) is 4.48. The lowest BCUT2D eigenvalue weighted by molar-refractivity contribution is 0.220. The molecule has 19 heavy (non-hydrogen) atoms. The number of likely N-dealkylation sites (N-methyl/N-ethyl adjacent to an activating group) is 1. The topological polar surface area (TPSA) is 38.5 Å². The highest BCUT2D eigenvalue weighted by Gasteiger charge is 2.27. The highest BCUT2D eigenvalue weighted by molar-refractivity contribution is 5.43. The molecular weight excluding hydrogens is 236 g/mol. The van der Waals surface area contributed by atoms with E-state index in [0.717, 1.165) is 18.7 Å². The van der Waals surface area contributed by atoms with Crippen LogP contribution in [0.1, 0.15) is 36.0 Å². The molecule has 2 rings (SSSR count). The Bertz CT molecular complexity index is 421. The van der Waals surface area contributed by atoms with Crippen molar-refractivity contribution in [3.8, 4) is 5.75 Å². The van der Waals surface area contributed by atoms with Crippen molar-refractivity contribution in [1.82, 2.24) is 4.90 Å². The highest BCUT2D eigenvalue weighted by atomic mass is 16.5. The van der Waals surface area contributed by atoms with Crippen LogP contribution < -0.4 is 10.5 Å². The van der Waals surface area contributed by atoms with E-state index in [-0.39, 0.29) is 0 Å². The van der Waals surface area contributed by atoms with Gasteiger partial charge >= 0.3 is 0 Å². The molecule has 0 radical (unpaired) electrons. The smallest absolute Gasteiger partial charge is 0.124 e. The quantitative estimate of drug-likeness (QED) is 0.906. The lowest BCUT2D eigenvalue weighted by Gasteiger charge is -2.28. The van der Waals surface area contributed by atoms with E-state index in [0.29, 0.717) is 12.1 Å². The number of hydrogen-bond acceptors (Lipinski definition) is 3. The van der Waals surface area contributed by atoms with Gasteiger partial charge in [0, 0.05) is 18.6 Å². The first kappa shape index (κ1) is 14.4. The Morgan fingerprint density at radius 1 is 1.26 bits per heavy atom. The fourth-order valence-electron chi connectivity index (χ4n) is 3.37. The van der Waals surface area contributed by atoms with E-state index in [1.54, 1.807) is 7.11 Å². The largest absolute Gasteiger partial charge is 0.496 e. The summed E-state index contributed by atoms with van der Waals surface area (Å²) in [5, 5.41) is 0. The maximum Gasteiger partial charge on any atom is 0.124 e. The maximum atomic E-state index is 6.18. The molecule has 2 atom stereocenters. The van der Waals surface area contributed by atoms with E-state index in [2.05, 4.69) is 37.9 Å². The van der Waals surface area contributed by atoms with E-state index in [1.807, 2.05) is 0 Å². The maximum absolute atomic E-state index is 6.18. The Balaban J connectivity index is 2.11. The van der Waals surface area contributed by atoms with Gasteiger partial charge < -0.3 is 10.5 Å². The molecule has 2 unspecified atom stereocenters.